The molecule has 2 heterocycles. The van der Waals surface area contributed by atoms with Crippen molar-refractivity contribution in [2.45, 2.75) is 32.4 Å². The third-order valence-electron chi connectivity index (χ3n) is 5.61. The fraction of sp³-hybridized carbons (Fsp3) is 0.200. The summed E-state index contributed by atoms with van der Waals surface area (Å²) in [4.78, 5) is 16.8. The first-order valence-electron chi connectivity index (χ1n) is 10.6. The van der Waals surface area contributed by atoms with Crippen molar-refractivity contribution >= 4 is 32.5 Å². The van der Waals surface area contributed by atoms with Crippen molar-refractivity contribution in [2.24, 2.45) is 5.73 Å². The van der Waals surface area contributed by atoms with Gasteiger partial charge in [0.15, 0.2) is 0 Å². The average Bonchev–Trinajstić information content (AvgIpc) is 3.08. The summed E-state index contributed by atoms with van der Waals surface area (Å²) >= 11 is 0. The first kappa shape index (κ1) is 23.4. The number of anilines is 1. The predicted molar refractivity (Wildman–Crippen MR) is 132 cm³/mol. The number of pyridine rings is 1. The summed E-state index contributed by atoms with van der Waals surface area (Å²) < 4.78 is 42.9. The van der Waals surface area contributed by atoms with Crippen molar-refractivity contribution < 1.29 is 17.6 Å². The van der Waals surface area contributed by atoms with E-state index in [0.29, 0.717) is 39.1 Å². The van der Waals surface area contributed by atoms with E-state index in [2.05, 4.69) is 9.71 Å². The highest BCUT2D eigenvalue weighted by Gasteiger charge is 2.29. The lowest BCUT2D eigenvalue weighted by Gasteiger charge is -2.20. The van der Waals surface area contributed by atoms with Crippen LogP contribution >= 0.6 is 0 Å². The minimum Gasteiger partial charge on any atom is -0.366 e. The van der Waals surface area contributed by atoms with E-state index < -0.39 is 26.5 Å². The molecular weight excluding hydrogens is 455 g/mol. The molecule has 0 aliphatic heterocycles. The smallest absolute Gasteiger partial charge is 0.251 e. The van der Waals surface area contributed by atoms with Gasteiger partial charge < -0.3 is 10.3 Å². The van der Waals surface area contributed by atoms with Gasteiger partial charge in [0.05, 0.1) is 33.4 Å². The van der Waals surface area contributed by atoms with Crippen molar-refractivity contribution in [1.29, 1.82) is 0 Å². The van der Waals surface area contributed by atoms with Crippen molar-refractivity contribution in [3.63, 3.8) is 0 Å². The molecule has 0 aliphatic carbocycles. The summed E-state index contributed by atoms with van der Waals surface area (Å²) in [7, 11) is -3.61. The maximum Gasteiger partial charge on any atom is 0.251 e. The van der Waals surface area contributed by atoms with Gasteiger partial charge in [-0.25, -0.2) is 12.8 Å². The SMILES string of the molecule is Cc1cc2c(cc1F)c(C(N)=O)c(-c1ccc(NS(=O)(=O)C(C)(C)C)cc1)n2-c1cccnc1. The van der Waals surface area contributed by atoms with Gasteiger partial charge >= 0.3 is 0 Å². The molecule has 9 heteroatoms. The number of aromatic nitrogens is 2. The number of benzene rings is 2. The molecule has 1 amide bonds. The normalized spacial score (nSPS) is 12.1. The molecule has 34 heavy (non-hydrogen) atoms. The minimum atomic E-state index is -3.61. The molecule has 4 rings (SSSR count). The van der Waals surface area contributed by atoms with Crippen LogP contribution in [0.2, 0.25) is 0 Å². The molecule has 0 bridgehead atoms. The Hall–Kier alpha value is -3.72. The number of aryl methyl sites for hydroxylation is 1. The van der Waals surface area contributed by atoms with E-state index in [1.54, 1.807) is 76.5 Å². The number of hydrogen-bond acceptors (Lipinski definition) is 4. The van der Waals surface area contributed by atoms with Gasteiger partial charge in [0, 0.05) is 17.3 Å². The Morgan fingerprint density at radius 3 is 2.35 bits per heavy atom. The number of carbonyl (C=O) groups excluding carboxylic acids is 1. The Bertz CT molecular complexity index is 1500. The second-order valence-corrected chi connectivity index (χ2v) is 11.5. The van der Waals surface area contributed by atoms with E-state index >= 15 is 0 Å². The van der Waals surface area contributed by atoms with Gasteiger partial charge in [0.25, 0.3) is 5.91 Å². The number of hydrogen-bond donors (Lipinski definition) is 2. The van der Waals surface area contributed by atoms with Crippen LogP contribution in [0.15, 0.2) is 60.9 Å². The predicted octanol–water partition coefficient (Wildman–Crippen LogP) is 4.78. The molecule has 0 saturated heterocycles. The number of nitrogens with zero attached hydrogens (tertiary/aromatic N) is 2. The van der Waals surface area contributed by atoms with Gasteiger partial charge in [-0.3, -0.25) is 14.5 Å². The maximum atomic E-state index is 14.5. The van der Waals surface area contributed by atoms with Crippen LogP contribution in [0.3, 0.4) is 0 Å². The molecule has 2 aromatic carbocycles. The Kier molecular flexibility index (Phi) is 5.69. The maximum absolute atomic E-state index is 14.5. The van der Waals surface area contributed by atoms with Crippen LogP contribution in [0, 0.1) is 12.7 Å². The van der Waals surface area contributed by atoms with Gasteiger partial charge in [0.2, 0.25) is 10.0 Å². The zero-order chi connectivity index (χ0) is 24.8. The molecule has 0 fully saturated rings. The molecule has 7 nitrogen and oxygen atoms in total. The molecule has 176 valence electrons. The first-order valence-corrected chi connectivity index (χ1v) is 12.1. The molecule has 3 N–H and O–H groups in total. The van der Waals surface area contributed by atoms with Gasteiger partial charge in [-0.15, -0.1) is 0 Å². The summed E-state index contributed by atoms with van der Waals surface area (Å²) in [5, 5.41) is 0.381. The second-order valence-electron chi connectivity index (χ2n) is 9.05. The summed E-state index contributed by atoms with van der Waals surface area (Å²) in [6.07, 6.45) is 3.27. The molecule has 0 spiro atoms. The van der Waals surface area contributed by atoms with Crippen LogP contribution in [0.5, 0.6) is 0 Å². The van der Waals surface area contributed by atoms with Crippen LogP contribution in [0.1, 0.15) is 36.7 Å². The highest BCUT2D eigenvalue weighted by molar-refractivity contribution is 7.94. The Morgan fingerprint density at radius 1 is 1.12 bits per heavy atom. The summed E-state index contributed by atoms with van der Waals surface area (Å²) in [6.45, 7) is 6.47. The number of amides is 1. The highest BCUT2D eigenvalue weighted by atomic mass is 32.2. The third-order valence-corrected chi connectivity index (χ3v) is 7.73. The first-order chi connectivity index (χ1) is 15.9. The number of primary amides is 1. The number of fused-ring (bicyclic) bond motifs is 1. The zero-order valence-corrected chi connectivity index (χ0v) is 20.1. The summed E-state index contributed by atoms with van der Waals surface area (Å²) in [5.74, 6) is -1.15. The molecule has 0 radical (unpaired) electrons. The fourth-order valence-corrected chi connectivity index (χ4v) is 4.45. The van der Waals surface area contributed by atoms with E-state index in [1.165, 1.54) is 6.07 Å². The highest BCUT2D eigenvalue weighted by Crippen LogP contribution is 2.38. The van der Waals surface area contributed by atoms with Crippen LogP contribution in [-0.4, -0.2) is 28.6 Å². The van der Waals surface area contributed by atoms with E-state index in [0.717, 1.165) is 0 Å². The number of sulfonamides is 1. The molecule has 0 unspecified atom stereocenters. The lowest BCUT2D eigenvalue weighted by atomic mass is 10.0. The van der Waals surface area contributed by atoms with Crippen LogP contribution in [-0.2, 0) is 10.0 Å². The van der Waals surface area contributed by atoms with E-state index in [1.807, 2.05) is 10.6 Å². The summed E-state index contributed by atoms with van der Waals surface area (Å²) in [5.41, 5.74) is 9.08. The number of carbonyl (C=O) groups is 1. The standard InChI is InChI=1S/C25H25FN4O3S/c1-15-12-21-19(13-20(15)26)22(24(27)31)23(30(21)18-6-5-11-28-14-18)16-7-9-17(10-8-16)29-34(32,33)25(2,3)4/h5-14,29H,1-4H3,(H2,27,31). The van der Waals surface area contributed by atoms with E-state index in [4.69, 9.17) is 5.73 Å². The number of nitrogens with two attached hydrogens (primary N) is 1. The Morgan fingerprint density at radius 2 is 1.79 bits per heavy atom. The molecule has 0 saturated carbocycles. The average molecular weight is 481 g/mol. The van der Waals surface area contributed by atoms with Crippen molar-refractivity contribution in [1.82, 2.24) is 9.55 Å². The third kappa shape index (κ3) is 4.03. The monoisotopic (exact) mass is 480 g/mol. The van der Waals surface area contributed by atoms with Crippen LogP contribution in [0.4, 0.5) is 10.1 Å². The zero-order valence-electron chi connectivity index (χ0n) is 19.3. The molecule has 0 aliphatic rings. The summed E-state index contributed by atoms with van der Waals surface area (Å²) in [6, 6.07) is 13.2. The molecule has 0 atom stereocenters. The largest absolute Gasteiger partial charge is 0.366 e. The topological polar surface area (TPSA) is 107 Å². The molecular formula is C25H25FN4O3S. The van der Waals surface area contributed by atoms with Crippen molar-refractivity contribution in [3.8, 4) is 16.9 Å². The lowest BCUT2D eigenvalue weighted by molar-refractivity contribution is 0.100. The number of nitrogens with one attached hydrogen (secondary N) is 1. The van der Waals surface area contributed by atoms with E-state index in [-0.39, 0.29) is 5.56 Å². The van der Waals surface area contributed by atoms with Gasteiger partial charge in [-0.1, -0.05) is 12.1 Å². The van der Waals surface area contributed by atoms with Gasteiger partial charge in [-0.2, -0.15) is 0 Å². The van der Waals surface area contributed by atoms with Gasteiger partial charge in [0.1, 0.15) is 5.82 Å². The van der Waals surface area contributed by atoms with Crippen LogP contribution in [0.25, 0.3) is 27.8 Å². The Labute approximate surface area is 197 Å². The fourth-order valence-electron chi connectivity index (χ4n) is 3.69. The van der Waals surface area contributed by atoms with Crippen LogP contribution < -0.4 is 10.5 Å². The van der Waals surface area contributed by atoms with Crippen molar-refractivity contribution in [2.75, 3.05) is 4.72 Å². The van der Waals surface area contributed by atoms with Gasteiger partial charge in [-0.05, 0) is 75.2 Å². The Balaban J connectivity index is 1.97. The second kappa shape index (κ2) is 8.25. The molecule has 4 aromatic rings. The van der Waals surface area contributed by atoms with E-state index in [9.17, 15) is 17.6 Å². The quantitative estimate of drug-likeness (QED) is 0.429. The van der Waals surface area contributed by atoms with Crippen molar-refractivity contribution in [3.05, 3.63) is 77.9 Å². The number of rotatable bonds is 5. The lowest BCUT2D eigenvalue weighted by Crippen LogP contribution is -2.33. The number of halogens is 1. The molecule has 2 aromatic heterocycles. The minimum absolute atomic E-state index is 0.167.